The fraction of sp³-hybridized carbons (Fsp3) is 0.381. The highest BCUT2D eigenvalue weighted by Gasteiger charge is 2.35. The molecule has 0 radical (unpaired) electrons. The van der Waals surface area contributed by atoms with Gasteiger partial charge in [0, 0.05) is 17.4 Å². The van der Waals surface area contributed by atoms with Gasteiger partial charge in [0.05, 0.1) is 25.1 Å². The molecule has 1 atom stereocenters. The lowest BCUT2D eigenvalue weighted by atomic mass is 10.1. The molecule has 1 amide bonds. The van der Waals surface area contributed by atoms with E-state index in [9.17, 15) is 18.0 Å². The molecule has 0 aliphatic carbocycles. The summed E-state index contributed by atoms with van der Waals surface area (Å²) >= 11 is 1.22. The number of hydrogen-bond donors (Lipinski definition) is 1. The van der Waals surface area contributed by atoms with Gasteiger partial charge in [-0.3, -0.25) is 9.48 Å². The zero-order valence-corrected chi connectivity index (χ0v) is 18.6. The number of benzene rings is 1. The number of amides is 1. The van der Waals surface area contributed by atoms with Crippen molar-refractivity contribution in [2.24, 2.45) is 0 Å². The van der Waals surface area contributed by atoms with Gasteiger partial charge in [0.2, 0.25) is 5.91 Å². The molecular weight excluding hydrogens is 461 g/mol. The molecule has 1 aliphatic rings. The van der Waals surface area contributed by atoms with Gasteiger partial charge < -0.3 is 19.5 Å². The SMILES string of the molecule is COc1ccc(-c2cc(C(F)(F)F)nn2CC(=O)Nc2nc(C)cs2)cc1OC1CCCO1. The van der Waals surface area contributed by atoms with E-state index >= 15 is 0 Å². The van der Waals surface area contributed by atoms with Crippen molar-refractivity contribution in [3.63, 3.8) is 0 Å². The van der Waals surface area contributed by atoms with Gasteiger partial charge in [0.1, 0.15) is 6.54 Å². The third-order valence-electron chi connectivity index (χ3n) is 4.83. The monoisotopic (exact) mass is 482 g/mol. The minimum atomic E-state index is -4.67. The first-order chi connectivity index (χ1) is 15.7. The number of thiazole rings is 1. The largest absolute Gasteiger partial charge is 0.493 e. The summed E-state index contributed by atoms with van der Waals surface area (Å²) in [5.74, 6) is 0.186. The summed E-state index contributed by atoms with van der Waals surface area (Å²) in [5.41, 5.74) is 0.108. The van der Waals surface area contributed by atoms with Crippen molar-refractivity contribution in [2.45, 2.75) is 38.8 Å². The molecule has 2 aromatic heterocycles. The fourth-order valence-corrected chi connectivity index (χ4v) is 4.03. The van der Waals surface area contributed by atoms with Crippen LogP contribution in [0.25, 0.3) is 11.3 Å². The Bertz CT molecular complexity index is 1140. The first-order valence-electron chi connectivity index (χ1n) is 10.1. The molecular formula is C21H21F3N4O4S. The number of carbonyl (C=O) groups excluding carboxylic acids is 1. The van der Waals surface area contributed by atoms with Gasteiger partial charge in [-0.05, 0) is 37.6 Å². The third kappa shape index (κ3) is 5.45. The second-order valence-electron chi connectivity index (χ2n) is 7.34. The van der Waals surface area contributed by atoms with Crippen LogP contribution in [0.4, 0.5) is 18.3 Å². The molecule has 1 aromatic carbocycles. The van der Waals surface area contributed by atoms with E-state index in [1.54, 1.807) is 30.5 Å². The second kappa shape index (κ2) is 9.40. The molecule has 1 N–H and O–H groups in total. The van der Waals surface area contributed by atoms with E-state index in [1.807, 2.05) is 0 Å². The first kappa shape index (κ1) is 23.1. The Morgan fingerprint density at radius 1 is 1.33 bits per heavy atom. The minimum absolute atomic E-state index is 0.104. The van der Waals surface area contributed by atoms with E-state index in [-0.39, 0.29) is 5.69 Å². The number of rotatable bonds is 7. The van der Waals surface area contributed by atoms with Gasteiger partial charge >= 0.3 is 6.18 Å². The Balaban J connectivity index is 1.65. The summed E-state index contributed by atoms with van der Waals surface area (Å²) in [6.07, 6.45) is -3.59. The number of anilines is 1. The standard InChI is InChI=1S/C21H21F3N4O4S/c1-12-11-33-20(25-12)26-18(29)10-28-14(9-17(27-28)21(22,23)24)13-5-6-15(30-2)16(8-13)32-19-4-3-7-31-19/h5-6,8-9,11,19H,3-4,7,10H2,1-2H3,(H,25,26,29). The van der Waals surface area contributed by atoms with Crippen LogP contribution in [-0.4, -0.2) is 40.7 Å². The maximum Gasteiger partial charge on any atom is 0.435 e. The Labute approximate surface area is 191 Å². The molecule has 1 unspecified atom stereocenters. The molecule has 8 nitrogen and oxygen atoms in total. The Kier molecular flexibility index (Phi) is 6.56. The summed E-state index contributed by atoms with van der Waals surface area (Å²) < 4.78 is 57.9. The number of ether oxygens (including phenoxy) is 3. The molecule has 1 fully saturated rings. The van der Waals surface area contributed by atoms with Crippen molar-refractivity contribution in [3.8, 4) is 22.8 Å². The second-order valence-corrected chi connectivity index (χ2v) is 8.20. The van der Waals surface area contributed by atoms with Crippen molar-refractivity contribution >= 4 is 22.4 Å². The number of hydrogen-bond acceptors (Lipinski definition) is 7. The van der Waals surface area contributed by atoms with Gasteiger partial charge in [-0.15, -0.1) is 11.3 Å². The smallest absolute Gasteiger partial charge is 0.435 e. The zero-order chi connectivity index (χ0) is 23.6. The number of nitrogens with one attached hydrogen (secondary N) is 1. The highest BCUT2D eigenvalue weighted by atomic mass is 32.1. The Morgan fingerprint density at radius 3 is 2.79 bits per heavy atom. The summed E-state index contributed by atoms with van der Waals surface area (Å²) in [4.78, 5) is 16.6. The Morgan fingerprint density at radius 2 is 2.15 bits per heavy atom. The quantitative estimate of drug-likeness (QED) is 0.534. The fourth-order valence-electron chi connectivity index (χ4n) is 3.33. The van der Waals surface area contributed by atoms with Crippen LogP contribution in [0.3, 0.4) is 0 Å². The van der Waals surface area contributed by atoms with Crippen LogP contribution in [0.1, 0.15) is 24.2 Å². The summed E-state index contributed by atoms with van der Waals surface area (Å²) in [7, 11) is 1.47. The maximum absolute atomic E-state index is 13.4. The van der Waals surface area contributed by atoms with Gasteiger partial charge in [0.25, 0.3) is 0 Å². The van der Waals surface area contributed by atoms with Crippen LogP contribution in [0, 0.1) is 6.92 Å². The number of methoxy groups -OCH3 is 1. The first-order valence-corrected chi connectivity index (χ1v) is 10.9. The lowest BCUT2D eigenvalue weighted by molar-refractivity contribution is -0.141. The molecule has 12 heteroatoms. The molecule has 3 heterocycles. The number of alkyl halides is 3. The summed E-state index contributed by atoms with van der Waals surface area (Å²) in [6, 6.07) is 5.62. The lowest BCUT2D eigenvalue weighted by Crippen LogP contribution is -2.20. The van der Waals surface area contributed by atoms with E-state index in [1.165, 1.54) is 18.4 Å². The zero-order valence-electron chi connectivity index (χ0n) is 17.8. The molecule has 3 aromatic rings. The average molecular weight is 482 g/mol. The van der Waals surface area contributed by atoms with Crippen LogP contribution >= 0.6 is 11.3 Å². The van der Waals surface area contributed by atoms with Crippen LogP contribution in [0.15, 0.2) is 29.6 Å². The van der Waals surface area contributed by atoms with Crippen LogP contribution in [0.2, 0.25) is 0 Å². The molecule has 4 rings (SSSR count). The summed E-state index contributed by atoms with van der Waals surface area (Å²) in [5, 5.41) is 8.33. The normalized spacial score (nSPS) is 16.1. The van der Waals surface area contributed by atoms with Gasteiger partial charge in [-0.1, -0.05) is 0 Å². The Hall–Kier alpha value is -3.12. The molecule has 0 bridgehead atoms. The van der Waals surface area contributed by atoms with Crippen LogP contribution in [-0.2, 0) is 22.3 Å². The highest BCUT2D eigenvalue weighted by molar-refractivity contribution is 7.13. The highest BCUT2D eigenvalue weighted by Crippen LogP contribution is 2.37. The molecule has 176 valence electrons. The van der Waals surface area contributed by atoms with Crippen molar-refractivity contribution in [2.75, 3.05) is 19.0 Å². The predicted octanol–water partition coefficient (Wildman–Crippen LogP) is 4.50. The maximum atomic E-state index is 13.4. The van der Waals surface area contributed by atoms with Crippen molar-refractivity contribution in [1.29, 1.82) is 0 Å². The van der Waals surface area contributed by atoms with Gasteiger partial charge in [-0.25, -0.2) is 4.98 Å². The number of halogens is 3. The number of aryl methyl sites for hydroxylation is 1. The number of aromatic nitrogens is 3. The van der Waals surface area contributed by atoms with E-state index in [0.717, 1.165) is 22.9 Å². The van der Waals surface area contributed by atoms with Gasteiger partial charge in [-0.2, -0.15) is 18.3 Å². The van der Waals surface area contributed by atoms with Crippen molar-refractivity contribution in [3.05, 3.63) is 41.0 Å². The minimum Gasteiger partial charge on any atom is -0.493 e. The van der Waals surface area contributed by atoms with Crippen LogP contribution in [0.5, 0.6) is 11.5 Å². The molecule has 1 aliphatic heterocycles. The van der Waals surface area contributed by atoms with E-state index < -0.39 is 30.6 Å². The number of carbonyl (C=O) groups is 1. The lowest BCUT2D eigenvalue weighted by Gasteiger charge is -2.16. The number of nitrogens with zero attached hydrogens (tertiary/aromatic N) is 3. The van der Waals surface area contributed by atoms with Crippen LogP contribution < -0.4 is 14.8 Å². The molecule has 1 saturated heterocycles. The third-order valence-corrected chi connectivity index (χ3v) is 5.71. The van der Waals surface area contributed by atoms with E-state index in [0.29, 0.717) is 35.2 Å². The van der Waals surface area contributed by atoms with Crippen molar-refractivity contribution < 1.29 is 32.2 Å². The van der Waals surface area contributed by atoms with E-state index in [4.69, 9.17) is 14.2 Å². The molecule has 0 saturated carbocycles. The molecule has 0 spiro atoms. The predicted molar refractivity (Wildman–Crippen MR) is 114 cm³/mol. The van der Waals surface area contributed by atoms with Crippen molar-refractivity contribution in [1.82, 2.24) is 14.8 Å². The van der Waals surface area contributed by atoms with Gasteiger partial charge in [0.15, 0.2) is 28.6 Å². The van der Waals surface area contributed by atoms with E-state index in [2.05, 4.69) is 15.4 Å². The summed E-state index contributed by atoms with van der Waals surface area (Å²) in [6.45, 7) is 1.91. The molecule has 33 heavy (non-hydrogen) atoms. The average Bonchev–Trinajstić information content (AvgIpc) is 3.49. The topological polar surface area (TPSA) is 87.5 Å².